The summed E-state index contributed by atoms with van der Waals surface area (Å²) >= 11 is 0. The van der Waals surface area contributed by atoms with Gasteiger partial charge in [-0.3, -0.25) is 9.59 Å². The molecule has 138 valence electrons. The summed E-state index contributed by atoms with van der Waals surface area (Å²) in [6.07, 6.45) is 0.554. The molecule has 0 bridgehead atoms. The lowest BCUT2D eigenvalue weighted by atomic mass is 9.80. The van der Waals surface area contributed by atoms with Crippen LogP contribution in [-0.2, 0) is 4.79 Å². The zero-order valence-corrected chi connectivity index (χ0v) is 15.0. The van der Waals surface area contributed by atoms with Gasteiger partial charge in [-0.2, -0.15) is 0 Å². The number of carbonyl (C=O) groups is 2. The number of hydrogen-bond donors (Lipinski definition) is 4. The van der Waals surface area contributed by atoms with Gasteiger partial charge in [0.2, 0.25) is 5.91 Å². The van der Waals surface area contributed by atoms with Gasteiger partial charge in [0.1, 0.15) is 5.54 Å². The molecule has 1 aromatic rings. The van der Waals surface area contributed by atoms with E-state index in [2.05, 4.69) is 10.6 Å². The number of rotatable bonds is 6. The first kappa shape index (κ1) is 19.6. The van der Waals surface area contributed by atoms with Crippen molar-refractivity contribution in [2.24, 2.45) is 11.7 Å². The molecule has 0 aromatic heterocycles. The van der Waals surface area contributed by atoms with Crippen molar-refractivity contribution in [3.8, 4) is 0 Å². The van der Waals surface area contributed by atoms with Crippen LogP contribution in [-0.4, -0.2) is 47.6 Å². The largest absolute Gasteiger partial charge is 0.389 e. The van der Waals surface area contributed by atoms with Crippen molar-refractivity contribution in [2.45, 2.75) is 50.8 Å². The van der Waals surface area contributed by atoms with E-state index in [0.717, 1.165) is 0 Å². The number of Topliss-reactive ketones (excluding diaryl/α,β-unsaturated/α-hetero) is 1. The smallest absolute Gasteiger partial charge is 0.237 e. The first-order valence-corrected chi connectivity index (χ1v) is 8.93. The molecule has 25 heavy (non-hydrogen) atoms. The number of nitrogens with two attached hydrogens (primary N) is 1. The maximum atomic E-state index is 13.2. The normalized spacial score (nSPS) is 25.2. The number of hydrogen-bond acceptors (Lipinski definition) is 5. The Hall–Kier alpha value is -1.76. The molecule has 0 radical (unpaired) electrons. The summed E-state index contributed by atoms with van der Waals surface area (Å²) < 4.78 is 0. The SMILES string of the molecule is CC(C)C[C@H](N)C(=O)NC1(C(=O)c2ccccc2)CCCNCC1O. The van der Waals surface area contributed by atoms with Crippen LogP contribution in [0.3, 0.4) is 0 Å². The van der Waals surface area contributed by atoms with E-state index >= 15 is 0 Å². The topological polar surface area (TPSA) is 104 Å². The summed E-state index contributed by atoms with van der Waals surface area (Å²) in [5, 5.41) is 16.6. The highest BCUT2D eigenvalue weighted by Gasteiger charge is 2.47. The van der Waals surface area contributed by atoms with Gasteiger partial charge in [0.05, 0.1) is 12.1 Å². The zero-order valence-electron chi connectivity index (χ0n) is 15.0. The second-order valence-electron chi connectivity index (χ2n) is 7.22. The Morgan fingerprint density at radius 2 is 2.04 bits per heavy atom. The van der Waals surface area contributed by atoms with Gasteiger partial charge in [-0.15, -0.1) is 0 Å². The lowest BCUT2D eigenvalue weighted by molar-refractivity contribution is -0.125. The Morgan fingerprint density at radius 1 is 1.36 bits per heavy atom. The number of aliphatic hydroxyl groups excluding tert-OH is 1. The summed E-state index contributed by atoms with van der Waals surface area (Å²) in [6.45, 7) is 4.91. The van der Waals surface area contributed by atoms with Gasteiger partial charge in [0.25, 0.3) is 0 Å². The third kappa shape index (κ3) is 4.66. The Morgan fingerprint density at radius 3 is 2.68 bits per heavy atom. The molecule has 0 aliphatic carbocycles. The van der Waals surface area contributed by atoms with Gasteiger partial charge in [0, 0.05) is 12.1 Å². The summed E-state index contributed by atoms with van der Waals surface area (Å²) in [5.41, 5.74) is 5.12. The molecule has 0 spiro atoms. The Labute approximate surface area is 149 Å². The zero-order chi connectivity index (χ0) is 18.4. The number of benzene rings is 1. The average molecular weight is 347 g/mol. The molecule has 3 atom stereocenters. The van der Waals surface area contributed by atoms with E-state index in [-0.39, 0.29) is 24.2 Å². The van der Waals surface area contributed by atoms with Gasteiger partial charge in [-0.25, -0.2) is 0 Å². The maximum absolute atomic E-state index is 13.2. The van der Waals surface area contributed by atoms with Crippen molar-refractivity contribution in [1.82, 2.24) is 10.6 Å². The van der Waals surface area contributed by atoms with Crippen molar-refractivity contribution >= 4 is 11.7 Å². The van der Waals surface area contributed by atoms with Crippen LogP contribution < -0.4 is 16.4 Å². The minimum atomic E-state index is -1.35. The number of nitrogens with one attached hydrogen (secondary N) is 2. The van der Waals surface area contributed by atoms with E-state index in [9.17, 15) is 14.7 Å². The second-order valence-corrected chi connectivity index (χ2v) is 7.22. The van der Waals surface area contributed by atoms with Crippen LogP contribution in [0.15, 0.2) is 30.3 Å². The molecule has 2 unspecified atom stereocenters. The van der Waals surface area contributed by atoms with Crippen LogP contribution in [0.5, 0.6) is 0 Å². The molecule has 1 saturated heterocycles. The summed E-state index contributed by atoms with van der Waals surface area (Å²) in [6, 6.07) is 8.07. The first-order chi connectivity index (χ1) is 11.9. The lowest BCUT2D eigenvalue weighted by Crippen LogP contribution is -2.65. The van der Waals surface area contributed by atoms with E-state index in [1.165, 1.54) is 0 Å². The van der Waals surface area contributed by atoms with Crippen molar-refractivity contribution in [1.29, 1.82) is 0 Å². The van der Waals surface area contributed by atoms with Crippen molar-refractivity contribution in [3.05, 3.63) is 35.9 Å². The minimum absolute atomic E-state index is 0.248. The molecule has 1 fully saturated rings. The molecular formula is C19H29N3O3. The average Bonchev–Trinajstić information content (AvgIpc) is 2.77. The predicted molar refractivity (Wildman–Crippen MR) is 97.2 cm³/mol. The molecular weight excluding hydrogens is 318 g/mol. The minimum Gasteiger partial charge on any atom is -0.389 e. The predicted octanol–water partition coefficient (Wildman–Crippen LogP) is 0.842. The van der Waals surface area contributed by atoms with E-state index < -0.39 is 17.7 Å². The standard InChI is InChI=1S/C19H29N3O3/c1-13(2)11-15(20)18(25)22-19(9-6-10-21-12-16(19)23)17(24)14-7-4-3-5-8-14/h3-5,7-8,13,15-16,21,23H,6,9-12,20H2,1-2H3,(H,22,25)/t15-,16?,19?/m0/s1. The monoisotopic (exact) mass is 347 g/mol. The third-order valence-corrected chi connectivity index (χ3v) is 4.68. The van der Waals surface area contributed by atoms with Crippen LogP contribution in [0, 0.1) is 5.92 Å². The Bertz CT molecular complexity index is 591. The summed E-state index contributed by atoms with van der Waals surface area (Å²) in [5.74, 6) is -0.393. The van der Waals surface area contributed by atoms with Crippen molar-refractivity contribution in [2.75, 3.05) is 13.1 Å². The molecule has 0 saturated carbocycles. The second kappa shape index (κ2) is 8.56. The Kier molecular flexibility index (Phi) is 6.70. The number of carbonyl (C=O) groups excluding carboxylic acids is 2. The summed E-state index contributed by atoms with van der Waals surface area (Å²) in [7, 11) is 0. The van der Waals surface area contributed by atoms with E-state index in [4.69, 9.17) is 5.73 Å². The number of β-amino-alcohol motifs (C(OH)–C–C–N with tert-alkyl or cyclic N) is 1. The summed E-state index contributed by atoms with van der Waals surface area (Å²) in [4.78, 5) is 25.8. The van der Waals surface area contributed by atoms with Crippen LogP contribution in [0.2, 0.25) is 0 Å². The van der Waals surface area contributed by atoms with E-state index in [1.54, 1.807) is 24.3 Å². The fraction of sp³-hybridized carbons (Fsp3) is 0.579. The molecule has 1 aliphatic rings. The Balaban J connectivity index is 2.32. The van der Waals surface area contributed by atoms with E-state index in [1.807, 2.05) is 19.9 Å². The third-order valence-electron chi connectivity index (χ3n) is 4.68. The van der Waals surface area contributed by atoms with Crippen LogP contribution >= 0.6 is 0 Å². The molecule has 1 heterocycles. The van der Waals surface area contributed by atoms with Crippen molar-refractivity contribution < 1.29 is 14.7 Å². The lowest BCUT2D eigenvalue weighted by Gasteiger charge is -2.37. The van der Waals surface area contributed by atoms with Gasteiger partial charge in [0.15, 0.2) is 5.78 Å². The maximum Gasteiger partial charge on any atom is 0.237 e. The highest BCUT2D eigenvalue weighted by Crippen LogP contribution is 2.26. The molecule has 1 aromatic carbocycles. The highest BCUT2D eigenvalue weighted by atomic mass is 16.3. The number of aliphatic hydroxyl groups is 1. The van der Waals surface area contributed by atoms with Crippen molar-refractivity contribution in [3.63, 3.8) is 0 Å². The van der Waals surface area contributed by atoms with Crippen LogP contribution in [0.1, 0.15) is 43.5 Å². The van der Waals surface area contributed by atoms with E-state index in [0.29, 0.717) is 31.4 Å². The number of amides is 1. The van der Waals surface area contributed by atoms with Gasteiger partial charge in [-0.1, -0.05) is 44.2 Å². The highest BCUT2D eigenvalue weighted by molar-refractivity contribution is 6.06. The van der Waals surface area contributed by atoms with Crippen LogP contribution in [0.4, 0.5) is 0 Å². The molecule has 1 aliphatic heterocycles. The fourth-order valence-electron chi connectivity index (χ4n) is 3.31. The van der Waals surface area contributed by atoms with Crippen LogP contribution in [0.25, 0.3) is 0 Å². The molecule has 2 rings (SSSR count). The number of ketones is 1. The molecule has 6 nitrogen and oxygen atoms in total. The molecule has 5 N–H and O–H groups in total. The fourth-order valence-corrected chi connectivity index (χ4v) is 3.31. The van der Waals surface area contributed by atoms with Gasteiger partial charge < -0.3 is 21.5 Å². The van der Waals surface area contributed by atoms with Gasteiger partial charge >= 0.3 is 0 Å². The van der Waals surface area contributed by atoms with Gasteiger partial charge in [-0.05, 0) is 31.7 Å². The molecule has 6 heteroatoms. The first-order valence-electron chi connectivity index (χ1n) is 8.93. The molecule has 1 amide bonds. The quantitative estimate of drug-likeness (QED) is 0.571.